The van der Waals surface area contributed by atoms with E-state index in [9.17, 15) is 14.9 Å². The first-order chi connectivity index (χ1) is 7.02. The zero-order valence-electron chi connectivity index (χ0n) is 8.81. The number of amides is 1. The highest BCUT2D eigenvalue weighted by Crippen LogP contribution is 2.32. The average Bonchev–Trinajstić information content (AvgIpc) is 2.45. The van der Waals surface area contributed by atoms with Gasteiger partial charge in [-0.2, -0.15) is 0 Å². The molecule has 5 nitrogen and oxygen atoms in total. The van der Waals surface area contributed by atoms with Gasteiger partial charge in [-0.3, -0.25) is 14.9 Å². The van der Waals surface area contributed by atoms with Gasteiger partial charge < -0.3 is 5.32 Å². The van der Waals surface area contributed by atoms with Crippen molar-refractivity contribution in [2.24, 2.45) is 11.8 Å². The second-order valence-corrected chi connectivity index (χ2v) is 4.04. The molecule has 0 aromatic rings. The molecule has 0 radical (unpaired) electrons. The Morgan fingerprint density at radius 1 is 1.67 bits per heavy atom. The van der Waals surface area contributed by atoms with Crippen molar-refractivity contribution < 1.29 is 9.72 Å². The largest absolute Gasteiger partial charge is 0.354 e. The van der Waals surface area contributed by atoms with E-state index in [4.69, 9.17) is 0 Å². The molecule has 3 atom stereocenters. The molecular weight excluding hydrogens is 196 g/mol. The summed E-state index contributed by atoms with van der Waals surface area (Å²) in [4.78, 5) is 21.0. The molecule has 1 N–H and O–H groups in total. The first kappa shape index (κ1) is 11.7. The van der Waals surface area contributed by atoms with Crippen LogP contribution in [-0.2, 0) is 4.79 Å². The van der Waals surface area contributed by atoms with Crippen LogP contribution in [0.4, 0.5) is 0 Å². The van der Waals surface area contributed by atoms with E-state index in [1.54, 1.807) is 6.08 Å². The van der Waals surface area contributed by atoms with E-state index in [2.05, 4.69) is 11.9 Å². The van der Waals surface area contributed by atoms with Crippen LogP contribution in [0.2, 0.25) is 0 Å². The predicted octanol–water partition coefficient (Wildman–Crippen LogP) is 0.980. The summed E-state index contributed by atoms with van der Waals surface area (Å²) in [6, 6.07) is 0.0652. The summed E-state index contributed by atoms with van der Waals surface area (Å²) < 4.78 is 0. The van der Waals surface area contributed by atoms with Crippen molar-refractivity contribution in [3.8, 4) is 0 Å². The van der Waals surface area contributed by atoms with E-state index < -0.39 is 0 Å². The van der Waals surface area contributed by atoms with Gasteiger partial charge in [-0.05, 0) is 18.8 Å². The highest BCUT2D eigenvalue weighted by Gasteiger charge is 2.35. The van der Waals surface area contributed by atoms with Crippen LogP contribution in [0.3, 0.4) is 0 Å². The maximum atomic E-state index is 10.9. The minimum absolute atomic E-state index is 0.00866. The first-order valence-electron chi connectivity index (χ1n) is 5.04. The summed E-state index contributed by atoms with van der Waals surface area (Å²) in [6.07, 6.45) is 3.20. The Hall–Kier alpha value is -1.39. The number of carbonyl (C=O) groups is 1. The Morgan fingerprint density at radius 3 is 2.80 bits per heavy atom. The summed E-state index contributed by atoms with van der Waals surface area (Å²) >= 11 is 0. The van der Waals surface area contributed by atoms with E-state index in [-0.39, 0.29) is 35.3 Å². The van der Waals surface area contributed by atoms with E-state index in [1.807, 2.05) is 0 Å². The smallest absolute Gasteiger partial charge is 0.217 e. The molecule has 0 aromatic carbocycles. The third-order valence-electron chi connectivity index (χ3n) is 2.84. The number of nitrogens with one attached hydrogen (secondary N) is 1. The molecule has 1 saturated carbocycles. The van der Waals surface area contributed by atoms with Crippen molar-refractivity contribution in [1.82, 2.24) is 5.32 Å². The lowest BCUT2D eigenvalue weighted by Gasteiger charge is -2.09. The Kier molecular flexibility index (Phi) is 3.82. The summed E-state index contributed by atoms with van der Waals surface area (Å²) in [6.45, 7) is 5.11. The van der Waals surface area contributed by atoms with Crippen molar-refractivity contribution in [1.29, 1.82) is 0 Å². The second-order valence-electron chi connectivity index (χ2n) is 4.04. The number of allylic oxidation sites excluding steroid dienone is 1. The molecule has 0 aliphatic heterocycles. The molecule has 0 bridgehead atoms. The molecule has 5 heteroatoms. The second kappa shape index (κ2) is 4.91. The van der Waals surface area contributed by atoms with Gasteiger partial charge in [0.15, 0.2) is 0 Å². The zero-order chi connectivity index (χ0) is 11.4. The normalized spacial score (nSPS) is 29.8. The molecule has 84 valence electrons. The first-order valence-corrected chi connectivity index (χ1v) is 5.04. The maximum Gasteiger partial charge on any atom is 0.217 e. The van der Waals surface area contributed by atoms with Gasteiger partial charge in [-0.1, -0.05) is 6.08 Å². The lowest BCUT2D eigenvalue weighted by molar-refractivity contribution is -0.489. The number of nitro groups is 1. The lowest BCUT2D eigenvalue weighted by atomic mass is 9.97. The van der Waals surface area contributed by atoms with E-state index >= 15 is 0 Å². The third kappa shape index (κ3) is 3.34. The van der Waals surface area contributed by atoms with Crippen molar-refractivity contribution in [2.45, 2.75) is 25.8 Å². The number of hydrogen-bond acceptors (Lipinski definition) is 3. The predicted molar refractivity (Wildman–Crippen MR) is 55.9 cm³/mol. The molecule has 15 heavy (non-hydrogen) atoms. The van der Waals surface area contributed by atoms with E-state index in [1.165, 1.54) is 6.92 Å². The molecule has 1 aliphatic carbocycles. The number of nitrogens with zero attached hydrogens (tertiary/aromatic N) is 1. The number of hydrogen-bond donors (Lipinski definition) is 1. The minimum atomic E-state index is -0.294. The highest BCUT2D eigenvalue weighted by molar-refractivity contribution is 5.73. The van der Waals surface area contributed by atoms with Crippen molar-refractivity contribution >= 4 is 5.91 Å². The van der Waals surface area contributed by atoms with Gasteiger partial charge in [0.2, 0.25) is 12.5 Å². The molecule has 0 heterocycles. The topological polar surface area (TPSA) is 72.2 Å². The van der Waals surface area contributed by atoms with Gasteiger partial charge in [-0.25, -0.2) is 0 Å². The average molecular weight is 212 g/mol. The molecule has 1 rings (SSSR count). The SMILES string of the molecule is C=C[C@H]1C[C@H](NC(C)=O)C[C@@H]1C[N+](=O)[O-]. The third-order valence-corrected chi connectivity index (χ3v) is 2.84. The maximum absolute atomic E-state index is 10.9. The number of rotatable bonds is 4. The molecule has 0 aromatic heterocycles. The molecule has 0 saturated heterocycles. The van der Waals surface area contributed by atoms with Crippen LogP contribution in [0.5, 0.6) is 0 Å². The van der Waals surface area contributed by atoms with Crippen LogP contribution in [0.25, 0.3) is 0 Å². The van der Waals surface area contributed by atoms with Crippen LogP contribution in [-0.4, -0.2) is 23.4 Å². The van der Waals surface area contributed by atoms with Gasteiger partial charge >= 0.3 is 0 Å². The molecule has 1 fully saturated rings. The Labute approximate surface area is 88.7 Å². The lowest BCUT2D eigenvalue weighted by Crippen LogP contribution is -2.31. The van der Waals surface area contributed by atoms with Gasteiger partial charge in [0.25, 0.3) is 0 Å². The fourth-order valence-corrected chi connectivity index (χ4v) is 2.25. The van der Waals surface area contributed by atoms with E-state index in [0.29, 0.717) is 6.42 Å². The van der Waals surface area contributed by atoms with Gasteiger partial charge in [0.1, 0.15) is 0 Å². The molecule has 0 unspecified atom stereocenters. The van der Waals surface area contributed by atoms with Crippen LogP contribution >= 0.6 is 0 Å². The Bertz CT molecular complexity index is 278. The Morgan fingerprint density at radius 2 is 2.33 bits per heavy atom. The quantitative estimate of drug-likeness (QED) is 0.429. The fourth-order valence-electron chi connectivity index (χ4n) is 2.25. The monoisotopic (exact) mass is 212 g/mol. The molecule has 1 amide bonds. The van der Waals surface area contributed by atoms with Crippen molar-refractivity contribution in [2.75, 3.05) is 6.54 Å². The van der Waals surface area contributed by atoms with Crippen LogP contribution in [0.1, 0.15) is 19.8 Å². The molecule has 1 aliphatic rings. The molecule has 0 spiro atoms. The van der Waals surface area contributed by atoms with Crippen molar-refractivity contribution in [3.05, 3.63) is 22.8 Å². The minimum Gasteiger partial charge on any atom is -0.354 e. The summed E-state index contributed by atoms with van der Waals surface area (Å²) in [5.74, 6) is 0.0752. The Balaban J connectivity index is 2.54. The van der Waals surface area contributed by atoms with Crippen molar-refractivity contribution in [3.63, 3.8) is 0 Å². The summed E-state index contributed by atoms with van der Waals surface area (Å²) in [5.41, 5.74) is 0. The summed E-state index contributed by atoms with van der Waals surface area (Å²) in [7, 11) is 0. The van der Waals surface area contributed by atoms with Crippen LogP contribution in [0, 0.1) is 22.0 Å². The fraction of sp³-hybridized carbons (Fsp3) is 0.700. The zero-order valence-corrected chi connectivity index (χ0v) is 8.81. The summed E-state index contributed by atoms with van der Waals surface area (Å²) in [5, 5.41) is 13.2. The number of carbonyl (C=O) groups excluding carboxylic acids is 1. The van der Waals surface area contributed by atoms with Crippen LogP contribution < -0.4 is 5.32 Å². The van der Waals surface area contributed by atoms with Gasteiger partial charge in [0.05, 0.1) is 0 Å². The van der Waals surface area contributed by atoms with Crippen LogP contribution in [0.15, 0.2) is 12.7 Å². The standard InChI is InChI=1S/C10H16N2O3/c1-3-8-4-10(11-7(2)13)5-9(8)6-12(14)15/h3,8-10H,1,4-6H2,2H3,(H,11,13)/t8-,9+,10-/m0/s1. The van der Waals surface area contributed by atoms with Gasteiger partial charge in [0, 0.05) is 23.8 Å². The van der Waals surface area contributed by atoms with Gasteiger partial charge in [-0.15, -0.1) is 6.58 Å². The molecular formula is C10H16N2O3. The van der Waals surface area contributed by atoms with E-state index in [0.717, 1.165) is 6.42 Å². The highest BCUT2D eigenvalue weighted by atomic mass is 16.6.